The van der Waals surface area contributed by atoms with E-state index in [1.165, 1.54) is 6.42 Å². The number of carbonyl (C=O) groups is 1. The zero-order valence-corrected chi connectivity index (χ0v) is 14.0. The molecule has 126 valence electrons. The molecule has 24 heavy (non-hydrogen) atoms. The Hall–Kier alpha value is -2.33. The van der Waals surface area contributed by atoms with Gasteiger partial charge in [0, 0.05) is 19.5 Å². The van der Waals surface area contributed by atoms with Gasteiger partial charge in [-0.15, -0.1) is 0 Å². The topological polar surface area (TPSA) is 49.6 Å². The van der Waals surface area contributed by atoms with Crippen molar-refractivity contribution >= 4 is 11.6 Å². The quantitative estimate of drug-likeness (QED) is 0.889. The minimum absolute atomic E-state index is 0.284. The molecule has 1 aliphatic rings. The van der Waals surface area contributed by atoms with E-state index in [1.54, 1.807) is 0 Å². The number of piperidine rings is 1. The Labute approximate surface area is 143 Å². The highest BCUT2D eigenvalue weighted by Gasteiger charge is 2.30. The van der Waals surface area contributed by atoms with E-state index in [0.29, 0.717) is 6.42 Å². The van der Waals surface area contributed by atoms with Gasteiger partial charge in [-0.05, 0) is 30.5 Å². The Morgan fingerprint density at radius 3 is 2.12 bits per heavy atom. The predicted octanol–water partition coefficient (Wildman–Crippen LogP) is 2.99. The zero-order chi connectivity index (χ0) is 16.8. The van der Waals surface area contributed by atoms with Crippen LogP contribution in [0.3, 0.4) is 0 Å². The highest BCUT2D eigenvalue weighted by Crippen LogP contribution is 2.24. The Kier molecular flexibility index (Phi) is 5.49. The summed E-state index contributed by atoms with van der Waals surface area (Å²) < 4.78 is 0. The molecule has 0 radical (unpaired) electrons. The number of carbonyl (C=O) groups excluding carboxylic acids is 1. The molecule has 0 bridgehead atoms. The number of hydrogen-bond acceptors (Lipinski definition) is 3. The van der Waals surface area contributed by atoms with Crippen LogP contribution >= 0.6 is 0 Å². The number of hydrogen-bond donors (Lipinski definition) is 1. The third-order valence-corrected chi connectivity index (χ3v) is 4.55. The van der Waals surface area contributed by atoms with Crippen molar-refractivity contribution in [3.05, 3.63) is 66.2 Å². The first kappa shape index (κ1) is 16.5. The summed E-state index contributed by atoms with van der Waals surface area (Å²) in [7, 11) is 0. The van der Waals surface area contributed by atoms with Crippen molar-refractivity contribution in [3.8, 4) is 0 Å². The lowest BCUT2D eigenvalue weighted by molar-refractivity contribution is -0.120. The summed E-state index contributed by atoms with van der Waals surface area (Å²) in [4.78, 5) is 12.3. The van der Waals surface area contributed by atoms with Crippen LogP contribution in [0.4, 0.5) is 5.69 Å². The molecule has 2 aromatic carbocycles. The molecule has 0 aromatic heterocycles. The average Bonchev–Trinajstić information content (AvgIpc) is 2.64. The molecule has 1 fully saturated rings. The molecule has 2 N–H and O–H groups in total. The molecule has 1 amide bonds. The highest BCUT2D eigenvalue weighted by molar-refractivity contribution is 5.83. The van der Waals surface area contributed by atoms with Gasteiger partial charge in [-0.25, -0.2) is 5.01 Å². The maximum atomic E-state index is 12.3. The summed E-state index contributed by atoms with van der Waals surface area (Å²) in [6.45, 7) is 1.93. The normalized spacial score (nSPS) is 16.5. The third-order valence-electron chi connectivity index (χ3n) is 4.55. The lowest BCUT2D eigenvalue weighted by Crippen LogP contribution is -2.56. The predicted molar refractivity (Wildman–Crippen MR) is 97.5 cm³/mol. The van der Waals surface area contributed by atoms with Crippen LogP contribution in [0, 0.1) is 0 Å². The number of nitrogens with zero attached hydrogens (tertiary/aromatic N) is 2. The first-order valence-electron chi connectivity index (χ1n) is 8.68. The summed E-state index contributed by atoms with van der Waals surface area (Å²) in [5.41, 5.74) is 7.97. The Balaban J connectivity index is 1.92. The monoisotopic (exact) mass is 323 g/mol. The van der Waals surface area contributed by atoms with Crippen LogP contribution in [0.15, 0.2) is 60.7 Å². The van der Waals surface area contributed by atoms with E-state index >= 15 is 0 Å². The van der Waals surface area contributed by atoms with E-state index in [2.05, 4.69) is 34.3 Å². The van der Waals surface area contributed by atoms with Gasteiger partial charge in [0.25, 0.3) is 0 Å². The highest BCUT2D eigenvalue weighted by atomic mass is 16.1. The fraction of sp³-hybridized carbons (Fsp3) is 0.350. The van der Waals surface area contributed by atoms with Crippen molar-refractivity contribution in [1.82, 2.24) is 5.01 Å². The molecule has 0 saturated carbocycles. The second-order valence-electron chi connectivity index (χ2n) is 6.30. The number of primary amides is 1. The molecule has 4 nitrogen and oxygen atoms in total. The maximum Gasteiger partial charge on any atom is 0.242 e. The number of anilines is 1. The number of rotatable bonds is 6. The minimum Gasteiger partial charge on any atom is -0.368 e. The molecule has 4 heteroatoms. The number of para-hydroxylation sites is 1. The molecule has 1 atom stereocenters. The summed E-state index contributed by atoms with van der Waals surface area (Å²) in [5.74, 6) is -0.284. The van der Waals surface area contributed by atoms with E-state index in [4.69, 9.17) is 5.73 Å². The van der Waals surface area contributed by atoms with E-state index < -0.39 is 0 Å². The summed E-state index contributed by atoms with van der Waals surface area (Å²) in [5, 5.41) is 4.41. The van der Waals surface area contributed by atoms with Gasteiger partial charge in [-0.1, -0.05) is 55.0 Å². The molecule has 3 rings (SSSR count). The summed E-state index contributed by atoms with van der Waals surface area (Å²) in [6.07, 6.45) is 4.17. The molecule has 1 aliphatic heterocycles. The summed E-state index contributed by atoms with van der Waals surface area (Å²) >= 11 is 0. The molecule has 2 aromatic rings. The minimum atomic E-state index is -0.382. The average molecular weight is 323 g/mol. The van der Waals surface area contributed by atoms with Gasteiger partial charge < -0.3 is 5.73 Å². The van der Waals surface area contributed by atoms with Crippen molar-refractivity contribution in [2.24, 2.45) is 5.73 Å². The van der Waals surface area contributed by atoms with Gasteiger partial charge in [0.2, 0.25) is 5.91 Å². The molecule has 1 saturated heterocycles. The number of benzene rings is 2. The van der Waals surface area contributed by atoms with Crippen LogP contribution in [0.1, 0.15) is 24.8 Å². The van der Waals surface area contributed by atoms with E-state index in [-0.39, 0.29) is 11.9 Å². The van der Waals surface area contributed by atoms with Crippen LogP contribution in [0.25, 0.3) is 0 Å². The number of hydrazine groups is 1. The fourth-order valence-corrected chi connectivity index (χ4v) is 3.36. The van der Waals surface area contributed by atoms with Crippen molar-refractivity contribution < 1.29 is 4.79 Å². The molecule has 0 unspecified atom stereocenters. The Morgan fingerprint density at radius 2 is 1.54 bits per heavy atom. The van der Waals surface area contributed by atoms with Gasteiger partial charge in [0.1, 0.15) is 6.04 Å². The Morgan fingerprint density at radius 1 is 0.958 bits per heavy atom. The van der Waals surface area contributed by atoms with E-state index in [0.717, 1.165) is 37.2 Å². The van der Waals surface area contributed by atoms with Gasteiger partial charge >= 0.3 is 0 Å². The lowest BCUT2D eigenvalue weighted by Gasteiger charge is -2.42. The van der Waals surface area contributed by atoms with Gasteiger partial charge in [-0.3, -0.25) is 9.80 Å². The standard InChI is InChI=1S/C20H25N3O/c21-20(24)19(16-17-10-4-1-5-11-17)23(18-12-6-2-7-13-18)22-14-8-3-9-15-22/h1-2,4-7,10-13,19H,3,8-9,14-16H2,(H2,21,24)/t19-/m0/s1. The molecule has 0 spiro atoms. The largest absolute Gasteiger partial charge is 0.368 e. The van der Waals surface area contributed by atoms with Crippen LogP contribution in [0.2, 0.25) is 0 Å². The lowest BCUT2D eigenvalue weighted by atomic mass is 10.0. The van der Waals surface area contributed by atoms with Crippen molar-refractivity contribution in [1.29, 1.82) is 0 Å². The number of nitrogens with two attached hydrogens (primary N) is 1. The van der Waals surface area contributed by atoms with Gasteiger partial charge in [-0.2, -0.15) is 0 Å². The van der Waals surface area contributed by atoms with Crippen LogP contribution in [-0.2, 0) is 11.2 Å². The van der Waals surface area contributed by atoms with Crippen molar-refractivity contribution in [3.63, 3.8) is 0 Å². The molecule has 0 aliphatic carbocycles. The smallest absolute Gasteiger partial charge is 0.242 e. The van der Waals surface area contributed by atoms with Gasteiger partial charge in [0.05, 0.1) is 5.69 Å². The van der Waals surface area contributed by atoms with Crippen molar-refractivity contribution in [2.75, 3.05) is 18.1 Å². The second kappa shape index (κ2) is 7.97. The second-order valence-corrected chi connectivity index (χ2v) is 6.30. The zero-order valence-electron chi connectivity index (χ0n) is 14.0. The first-order valence-corrected chi connectivity index (χ1v) is 8.68. The third kappa shape index (κ3) is 3.95. The van der Waals surface area contributed by atoms with Gasteiger partial charge in [0.15, 0.2) is 0 Å². The van der Waals surface area contributed by atoms with E-state index in [1.807, 2.05) is 36.4 Å². The fourth-order valence-electron chi connectivity index (χ4n) is 3.36. The van der Waals surface area contributed by atoms with Crippen LogP contribution in [-0.4, -0.2) is 30.0 Å². The maximum absolute atomic E-state index is 12.3. The summed E-state index contributed by atoms with van der Waals surface area (Å²) in [6, 6.07) is 19.8. The SMILES string of the molecule is NC(=O)[C@H](Cc1ccccc1)N(c1ccccc1)N1CCCCC1. The molecule has 1 heterocycles. The van der Waals surface area contributed by atoms with E-state index in [9.17, 15) is 4.79 Å². The molecular formula is C20H25N3O. The number of amides is 1. The Bertz CT molecular complexity index is 638. The van der Waals surface area contributed by atoms with Crippen molar-refractivity contribution in [2.45, 2.75) is 31.7 Å². The molecular weight excluding hydrogens is 298 g/mol. The first-order chi connectivity index (χ1) is 11.8. The van der Waals surface area contributed by atoms with Crippen LogP contribution in [0.5, 0.6) is 0 Å². The van der Waals surface area contributed by atoms with Crippen LogP contribution < -0.4 is 10.7 Å².